The fourth-order valence-electron chi connectivity index (χ4n) is 4.00. The number of rotatable bonds is 6. The van der Waals surface area contributed by atoms with Crippen molar-refractivity contribution in [1.29, 1.82) is 0 Å². The molecule has 0 saturated carbocycles. The van der Waals surface area contributed by atoms with Crippen LogP contribution in [0.3, 0.4) is 0 Å². The molecule has 28 heavy (non-hydrogen) atoms. The topological polar surface area (TPSA) is 67.1 Å². The summed E-state index contributed by atoms with van der Waals surface area (Å²) in [5, 5.41) is 12.1. The van der Waals surface area contributed by atoms with E-state index in [0.717, 1.165) is 29.2 Å². The molecule has 1 saturated heterocycles. The predicted octanol–water partition coefficient (Wildman–Crippen LogP) is 3.39. The number of carbonyl (C=O) groups is 1. The fraction of sp³-hybridized carbons (Fsp3) is 0.429. The van der Waals surface area contributed by atoms with Gasteiger partial charge < -0.3 is 14.7 Å². The molecule has 1 aliphatic rings. The van der Waals surface area contributed by atoms with Crippen LogP contribution in [0.4, 0.5) is 0 Å². The molecule has 0 spiro atoms. The maximum absolute atomic E-state index is 13.2. The van der Waals surface area contributed by atoms with E-state index in [1.165, 1.54) is 11.3 Å². The van der Waals surface area contributed by atoms with Crippen molar-refractivity contribution in [2.24, 2.45) is 5.41 Å². The van der Waals surface area contributed by atoms with E-state index in [1.807, 2.05) is 58.1 Å². The number of aliphatic hydroxyl groups excluding tert-OH is 1. The van der Waals surface area contributed by atoms with Crippen molar-refractivity contribution in [1.82, 2.24) is 14.3 Å². The number of hydrogen-bond donors (Lipinski definition) is 1. The standard InChI is InChI=1S/C21H25N3O3S/c1-16-18(24-11-13-28-20(24)22-16)19(26)23-10-5-8-21(14-23,15-25)9-12-27-17-6-3-2-4-7-17/h2-4,6-7,11,13,25H,5,8-10,12,14-15H2,1H3. The summed E-state index contributed by atoms with van der Waals surface area (Å²) in [5.41, 5.74) is 1.06. The number of amides is 1. The highest BCUT2D eigenvalue weighted by atomic mass is 32.1. The quantitative estimate of drug-likeness (QED) is 0.690. The largest absolute Gasteiger partial charge is 0.494 e. The molecule has 1 N–H and O–H groups in total. The Kier molecular flexibility index (Phi) is 5.37. The van der Waals surface area contributed by atoms with Gasteiger partial charge in [-0.15, -0.1) is 11.3 Å². The number of likely N-dealkylation sites (tertiary alicyclic amines) is 1. The second-order valence-electron chi connectivity index (χ2n) is 7.50. The number of ether oxygens (including phenoxy) is 1. The number of imidazole rings is 1. The smallest absolute Gasteiger partial charge is 0.272 e. The van der Waals surface area contributed by atoms with Crippen LogP contribution in [0.25, 0.3) is 4.96 Å². The summed E-state index contributed by atoms with van der Waals surface area (Å²) >= 11 is 1.52. The molecule has 1 atom stereocenters. The molecule has 1 fully saturated rings. The third-order valence-corrected chi connectivity index (χ3v) is 6.32. The van der Waals surface area contributed by atoms with E-state index in [2.05, 4.69) is 4.98 Å². The van der Waals surface area contributed by atoms with Crippen LogP contribution in [-0.4, -0.2) is 51.6 Å². The monoisotopic (exact) mass is 399 g/mol. The highest BCUT2D eigenvalue weighted by Crippen LogP contribution is 2.34. The number of fused-ring (bicyclic) bond motifs is 1. The number of thiazole rings is 1. The van der Waals surface area contributed by atoms with Gasteiger partial charge in [-0.05, 0) is 38.3 Å². The first kappa shape index (κ1) is 19.0. The average Bonchev–Trinajstić information content (AvgIpc) is 3.28. The molecule has 1 amide bonds. The van der Waals surface area contributed by atoms with Crippen LogP contribution in [0.1, 0.15) is 35.4 Å². The van der Waals surface area contributed by atoms with E-state index in [9.17, 15) is 9.90 Å². The van der Waals surface area contributed by atoms with Crippen molar-refractivity contribution < 1.29 is 14.6 Å². The first-order valence-electron chi connectivity index (χ1n) is 9.62. The molecule has 1 aromatic carbocycles. The Morgan fingerprint density at radius 3 is 2.96 bits per heavy atom. The number of nitrogens with zero attached hydrogens (tertiary/aromatic N) is 3. The maximum atomic E-state index is 13.2. The molecule has 4 rings (SSSR count). The summed E-state index contributed by atoms with van der Waals surface area (Å²) in [6.45, 7) is 3.69. The number of para-hydroxylation sites is 1. The molecular weight excluding hydrogens is 374 g/mol. The van der Waals surface area contributed by atoms with Crippen LogP contribution in [0, 0.1) is 12.3 Å². The van der Waals surface area contributed by atoms with Gasteiger partial charge in [0.15, 0.2) is 4.96 Å². The van der Waals surface area contributed by atoms with Gasteiger partial charge in [-0.1, -0.05) is 18.2 Å². The van der Waals surface area contributed by atoms with Crippen molar-refractivity contribution in [3.05, 3.63) is 53.3 Å². The summed E-state index contributed by atoms with van der Waals surface area (Å²) < 4.78 is 7.71. The van der Waals surface area contributed by atoms with Crippen molar-refractivity contribution in [3.63, 3.8) is 0 Å². The van der Waals surface area contributed by atoms with Gasteiger partial charge in [-0.25, -0.2) is 4.98 Å². The van der Waals surface area contributed by atoms with Gasteiger partial charge in [-0.2, -0.15) is 0 Å². The van der Waals surface area contributed by atoms with Gasteiger partial charge in [0, 0.05) is 30.1 Å². The van der Waals surface area contributed by atoms with E-state index in [0.29, 0.717) is 31.8 Å². The molecule has 1 aliphatic heterocycles. The molecule has 0 radical (unpaired) electrons. The Balaban J connectivity index is 1.46. The molecule has 1 unspecified atom stereocenters. The summed E-state index contributed by atoms with van der Waals surface area (Å²) in [5.74, 6) is 0.818. The lowest BCUT2D eigenvalue weighted by atomic mass is 9.78. The first-order chi connectivity index (χ1) is 13.6. The molecule has 0 bridgehead atoms. The lowest BCUT2D eigenvalue weighted by molar-refractivity contribution is 0.0152. The van der Waals surface area contributed by atoms with Gasteiger partial charge in [0.1, 0.15) is 11.4 Å². The highest BCUT2D eigenvalue weighted by molar-refractivity contribution is 7.15. The minimum absolute atomic E-state index is 0.00935. The zero-order valence-corrected chi connectivity index (χ0v) is 16.8. The number of aliphatic hydroxyl groups is 1. The van der Waals surface area contributed by atoms with Crippen LogP contribution < -0.4 is 4.74 Å². The van der Waals surface area contributed by atoms with Gasteiger partial charge in [0.2, 0.25) is 0 Å². The van der Waals surface area contributed by atoms with Gasteiger partial charge in [-0.3, -0.25) is 9.20 Å². The van der Waals surface area contributed by atoms with Crippen LogP contribution in [-0.2, 0) is 0 Å². The number of piperidine rings is 1. The van der Waals surface area contributed by atoms with E-state index in [-0.39, 0.29) is 17.9 Å². The lowest BCUT2D eigenvalue weighted by Gasteiger charge is -2.41. The third-order valence-electron chi connectivity index (χ3n) is 5.57. The SMILES string of the molecule is Cc1nc2sccn2c1C(=O)N1CCCC(CO)(CCOc2ccccc2)C1. The highest BCUT2D eigenvalue weighted by Gasteiger charge is 2.38. The Hall–Kier alpha value is -2.38. The number of hydrogen-bond acceptors (Lipinski definition) is 5. The van der Waals surface area contributed by atoms with E-state index in [4.69, 9.17) is 4.74 Å². The van der Waals surface area contributed by atoms with Crippen molar-refractivity contribution in [3.8, 4) is 5.75 Å². The fourth-order valence-corrected chi connectivity index (χ4v) is 4.76. The Morgan fingerprint density at radius 2 is 2.18 bits per heavy atom. The normalized spacial score (nSPS) is 19.9. The molecule has 148 valence electrons. The number of aromatic nitrogens is 2. The van der Waals surface area contributed by atoms with Crippen LogP contribution in [0.5, 0.6) is 5.75 Å². The number of carbonyl (C=O) groups excluding carboxylic acids is 1. The van der Waals surface area contributed by atoms with Crippen LogP contribution in [0.15, 0.2) is 41.9 Å². The zero-order valence-electron chi connectivity index (χ0n) is 16.0. The minimum atomic E-state index is -0.324. The molecule has 3 aromatic rings. The molecule has 7 heteroatoms. The van der Waals surface area contributed by atoms with Crippen molar-refractivity contribution >= 4 is 22.2 Å². The molecule has 0 aliphatic carbocycles. The maximum Gasteiger partial charge on any atom is 0.272 e. The summed E-state index contributed by atoms with van der Waals surface area (Å²) in [7, 11) is 0. The number of benzene rings is 1. The lowest BCUT2D eigenvalue weighted by Crippen LogP contribution is -2.48. The Morgan fingerprint density at radius 1 is 1.36 bits per heavy atom. The summed E-state index contributed by atoms with van der Waals surface area (Å²) in [4.78, 5) is 20.4. The van der Waals surface area contributed by atoms with E-state index in [1.54, 1.807) is 0 Å². The molecule has 6 nitrogen and oxygen atoms in total. The van der Waals surface area contributed by atoms with Gasteiger partial charge in [0.25, 0.3) is 5.91 Å². The van der Waals surface area contributed by atoms with Crippen molar-refractivity contribution in [2.75, 3.05) is 26.3 Å². The Labute approximate surface area is 168 Å². The van der Waals surface area contributed by atoms with Crippen LogP contribution >= 0.6 is 11.3 Å². The third kappa shape index (κ3) is 3.64. The Bertz CT molecular complexity index is 952. The van der Waals surface area contributed by atoms with E-state index >= 15 is 0 Å². The average molecular weight is 400 g/mol. The zero-order chi connectivity index (χ0) is 19.6. The van der Waals surface area contributed by atoms with Crippen LogP contribution in [0.2, 0.25) is 0 Å². The summed E-state index contributed by atoms with van der Waals surface area (Å²) in [6, 6.07) is 9.69. The molecule has 2 aromatic heterocycles. The van der Waals surface area contributed by atoms with Crippen molar-refractivity contribution in [2.45, 2.75) is 26.2 Å². The second kappa shape index (κ2) is 7.93. The van der Waals surface area contributed by atoms with E-state index < -0.39 is 0 Å². The molecule has 3 heterocycles. The first-order valence-corrected chi connectivity index (χ1v) is 10.5. The van der Waals surface area contributed by atoms with Gasteiger partial charge in [0.05, 0.1) is 18.9 Å². The minimum Gasteiger partial charge on any atom is -0.494 e. The number of aryl methyl sites for hydroxylation is 1. The second-order valence-corrected chi connectivity index (χ2v) is 8.37. The van der Waals surface area contributed by atoms with Gasteiger partial charge >= 0.3 is 0 Å². The molecular formula is C21H25N3O3S. The predicted molar refractivity (Wildman–Crippen MR) is 109 cm³/mol. The summed E-state index contributed by atoms with van der Waals surface area (Å²) in [6.07, 6.45) is 4.37.